The summed E-state index contributed by atoms with van der Waals surface area (Å²) in [5.74, 6) is -0.0152. The monoisotopic (exact) mass is 542 g/mol. The molecule has 1 aliphatic heterocycles. The number of nitrogens with one attached hydrogen (secondary N) is 2. The van der Waals surface area contributed by atoms with E-state index < -0.39 is 6.04 Å². The third kappa shape index (κ3) is 12.0. The molecule has 2 rings (SSSR count). The van der Waals surface area contributed by atoms with Crippen LogP contribution in [0.1, 0.15) is 111 Å². The topological polar surface area (TPSA) is 81.8 Å². The van der Waals surface area contributed by atoms with Gasteiger partial charge in [-0.25, -0.2) is 4.79 Å². The van der Waals surface area contributed by atoms with E-state index in [0.717, 1.165) is 24.9 Å². The molecule has 0 bridgehead atoms. The number of hydrogen-bond acceptors (Lipinski definition) is 3. The summed E-state index contributed by atoms with van der Waals surface area (Å²) in [5, 5.41) is 6.00. The summed E-state index contributed by atoms with van der Waals surface area (Å²) in [4.78, 5) is 42.6. The van der Waals surface area contributed by atoms with E-state index in [4.69, 9.17) is 0 Å². The second kappa shape index (κ2) is 18.7. The molecule has 1 aliphatic rings. The summed E-state index contributed by atoms with van der Waals surface area (Å²) >= 11 is 0. The summed E-state index contributed by atoms with van der Waals surface area (Å²) in [6.07, 6.45) is 15.0. The highest BCUT2D eigenvalue weighted by Crippen LogP contribution is 2.18. The Morgan fingerprint density at radius 2 is 1.46 bits per heavy atom. The molecule has 1 aromatic rings. The zero-order valence-corrected chi connectivity index (χ0v) is 25.1. The van der Waals surface area contributed by atoms with E-state index in [1.807, 2.05) is 49.1 Å². The van der Waals surface area contributed by atoms with Crippen molar-refractivity contribution in [2.75, 3.05) is 25.0 Å². The molecule has 3 atom stereocenters. The first-order valence-electron chi connectivity index (χ1n) is 15.6. The van der Waals surface area contributed by atoms with Crippen molar-refractivity contribution < 1.29 is 14.4 Å². The fraction of sp³-hybridized carbons (Fsp3) is 0.719. The smallest absolute Gasteiger partial charge is 0.322 e. The molecule has 1 fully saturated rings. The molecule has 2 N–H and O–H groups in total. The number of nitrogens with zero attached hydrogens (tertiary/aromatic N) is 2. The Morgan fingerprint density at radius 3 is 2.03 bits per heavy atom. The van der Waals surface area contributed by atoms with E-state index in [0.29, 0.717) is 26.1 Å². The van der Waals surface area contributed by atoms with Gasteiger partial charge < -0.3 is 20.4 Å². The summed E-state index contributed by atoms with van der Waals surface area (Å²) in [6.45, 7) is 9.68. The zero-order valence-electron chi connectivity index (χ0n) is 25.1. The average Bonchev–Trinajstić information content (AvgIpc) is 2.94. The Bertz CT molecular complexity index is 847. The minimum Gasteiger partial charge on any atom is -0.344 e. The molecule has 0 saturated carbocycles. The van der Waals surface area contributed by atoms with Crippen LogP contribution in [0, 0.1) is 5.92 Å². The lowest BCUT2D eigenvalue weighted by atomic mass is 9.96. The van der Waals surface area contributed by atoms with Gasteiger partial charge in [0.2, 0.25) is 11.8 Å². The van der Waals surface area contributed by atoms with Crippen LogP contribution in [-0.4, -0.2) is 59.4 Å². The van der Waals surface area contributed by atoms with Crippen molar-refractivity contribution in [3.8, 4) is 0 Å². The summed E-state index contributed by atoms with van der Waals surface area (Å²) in [6, 6.07) is 8.61. The minimum absolute atomic E-state index is 0.0292. The highest BCUT2D eigenvalue weighted by atomic mass is 16.2. The van der Waals surface area contributed by atoms with Gasteiger partial charge in [-0.05, 0) is 31.4 Å². The van der Waals surface area contributed by atoms with Crippen molar-refractivity contribution in [3.05, 3.63) is 30.3 Å². The molecule has 7 heteroatoms. The molecule has 3 unspecified atom stereocenters. The van der Waals surface area contributed by atoms with Crippen LogP contribution < -0.4 is 10.6 Å². The summed E-state index contributed by atoms with van der Waals surface area (Å²) in [5.41, 5.74) is 0.755. The van der Waals surface area contributed by atoms with E-state index in [1.54, 1.807) is 4.90 Å². The van der Waals surface area contributed by atoms with Gasteiger partial charge in [-0.1, -0.05) is 110 Å². The SMILES string of the molecule is CCCCCCCCCCCCCC(=O)NC(C(=O)N1CCN(C(=O)Nc2ccccc2)C(C)C1)C(C)CC. The third-order valence-electron chi connectivity index (χ3n) is 8.03. The number of amides is 4. The van der Waals surface area contributed by atoms with Crippen LogP contribution >= 0.6 is 0 Å². The van der Waals surface area contributed by atoms with Crippen molar-refractivity contribution in [2.45, 2.75) is 123 Å². The van der Waals surface area contributed by atoms with Crippen molar-refractivity contribution in [2.24, 2.45) is 5.92 Å². The Labute approximate surface area is 237 Å². The standard InChI is InChI=1S/C32H54N4O3/c1-5-7-8-9-10-11-12-13-14-15-19-22-29(37)34-30(26(3)6-2)31(38)35-23-24-36(27(4)25-35)32(39)33-28-20-17-16-18-21-28/h16-18,20-21,26-27,30H,5-15,19,22-25H2,1-4H3,(H,33,39)(H,34,37). The molecular weight excluding hydrogens is 488 g/mol. The minimum atomic E-state index is -0.521. The van der Waals surface area contributed by atoms with E-state index in [2.05, 4.69) is 24.5 Å². The molecule has 1 aromatic carbocycles. The number of carbonyl (C=O) groups is 3. The maximum absolute atomic E-state index is 13.5. The van der Waals surface area contributed by atoms with Crippen molar-refractivity contribution in [3.63, 3.8) is 0 Å². The number of urea groups is 1. The number of piperazine rings is 1. The van der Waals surface area contributed by atoms with Crippen LogP contribution in [0.25, 0.3) is 0 Å². The predicted octanol–water partition coefficient (Wildman–Crippen LogP) is 6.98. The molecule has 7 nitrogen and oxygen atoms in total. The third-order valence-corrected chi connectivity index (χ3v) is 8.03. The highest BCUT2D eigenvalue weighted by Gasteiger charge is 2.35. The van der Waals surface area contributed by atoms with Crippen LogP contribution in [0.3, 0.4) is 0 Å². The van der Waals surface area contributed by atoms with Gasteiger partial charge in [-0.15, -0.1) is 0 Å². The molecule has 1 saturated heterocycles. The molecule has 0 radical (unpaired) electrons. The molecule has 0 aliphatic carbocycles. The van der Waals surface area contributed by atoms with Crippen LogP contribution in [0.15, 0.2) is 30.3 Å². The molecule has 0 aromatic heterocycles. The van der Waals surface area contributed by atoms with Crippen molar-refractivity contribution >= 4 is 23.5 Å². The lowest BCUT2D eigenvalue weighted by Gasteiger charge is -2.41. The van der Waals surface area contributed by atoms with E-state index in [-0.39, 0.29) is 29.8 Å². The zero-order chi connectivity index (χ0) is 28.5. The summed E-state index contributed by atoms with van der Waals surface area (Å²) < 4.78 is 0. The van der Waals surface area contributed by atoms with Gasteiger partial charge in [0, 0.05) is 37.8 Å². The number of hydrogen-bond donors (Lipinski definition) is 2. The lowest BCUT2D eigenvalue weighted by Crippen LogP contribution is -2.60. The second-order valence-electron chi connectivity index (χ2n) is 11.3. The Kier molecular flexibility index (Phi) is 15.6. The fourth-order valence-electron chi connectivity index (χ4n) is 5.25. The lowest BCUT2D eigenvalue weighted by molar-refractivity contribution is -0.139. The largest absolute Gasteiger partial charge is 0.344 e. The number of anilines is 1. The molecule has 0 spiro atoms. The van der Waals surface area contributed by atoms with Crippen LogP contribution in [-0.2, 0) is 9.59 Å². The van der Waals surface area contributed by atoms with Gasteiger partial charge >= 0.3 is 6.03 Å². The van der Waals surface area contributed by atoms with Gasteiger partial charge in [0.25, 0.3) is 0 Å². The van der Waals surface area contributed by atoms with Crippen LogP contribution in [0.2, 0.25) is 0 Å². The first-order chi connectivity index (χ1) is 18.9. The number of rotatable bonds is 17. The van der Waals surface area contributed by atoms with Gasteiger partial charge in [0.1, 0.15) is 6.04 Å². The number of para-hydroxylation sites is 1. The molecule has 1 heterocycles. The molecule has 39 heavy (non-hydrogen) atoms. The average molecular weight is 543 g/mol. The molecular formula is C32H54N4O3. The predicted molar refractivity (Wildman–Crippen MR) is 161 cm³/mol. The van der Waals surface area contributed by atoms with Gasteiger partial charge in [0.15, 0.2) is 0 Å². The highest BCUT2D eigenvalue weighted by molar-refractivity contribution is 5.90. The van der Waals surface area contributed by atoms with Gasteiger partial charge in [0.05, 0.1) is 0 Å². The van der Waals surface area contributed by atoms with Crippen molar-refractivity contribution in [1.29, 1.82) is 0 Å². The van der Waals surface area contributed by atoms with Gasteiger partial charge in [-0.2, -0.15) is 0 Å². The second-order valence-corrected chi connectivity index (χ2v) is 11.3. The Balaban J connectivity index is 1.73. The first-order valence-corrected chi connectivity index (χ1v) is 15.6. The maximum atomic E-state index is 13.5. The maximum Gasteiger partial charge on any atom is 0.322 e. The van der Waals surface area contributed by atoms with Crippen molar-refractivity contribution in [1.82, 2.24) is 15.1 Å². The molecule has 220 valence electrons. The summed E-state index contributed by atoms with van der Waals surface area (Å²) in [7, 11) is 0. The molecule has 4 amide bonds. The number of carbonyl (C=O) groups excluding carboxylic acids is 3. The van der Waals surface area contributed by atoms with E-state index in [9.17, 15) is 14.4 Å². The quantitative estimate of drug-likeness (QED) is 0.208. The van der Waals surface area contributed by atoms with E-state index >= 15 is 0 Å². The number of unbranched alkanes of at least 4 members (excludes halogenated alkanes) is 10. The first kappa shape index (κ1) is 32.6. The van der Waals surface area contributed by atoms with Crippen LogP contribution in [0.5, 0.6) is 0 Å². The number of benzene rings is 1. The fourth-order valence-corrected chi connectivity index (χ4v) is 5.25. The van der Waals surface area contributed by atoms with Gasteiger partial charge in [-0.3, -0.25) is 9.59 Å². The van der Waals surface area contributed by atoms with E-state index in [1.165, 1.54) is 57.8 Å². The van der Waals surface area contributed by atoms with Crippen LogP contribution in [0.4, 0.5) is 10.5 Å². The Hall–Kier alpha value is -2.57. The Morgan fingerprint density at radius 1 is 0.872 bits per heavy atom. The normalized spacial score (nSPS) is 17.0.